The number of rotatable bonds is 4. The fourth-order valence-corrected chi connectivity index (χ4v) is 2.36. The zero-order valence-corrected chi connectivity index (χ0v) is 9.37. The number of alkyl halides is 1. The number of hydrogen-bond donors (Lipinski definition) is 1. The van der Waals surface area contributed by atoms with Crippen LogP contribution >= 0.6 is 23.2 Å². The predicted octanol–water partition coefficient (Wildman–Crippen LogP) is 3.27. The summed E-state index contributed by atoms with van der Waals surface area (Å²) in [5, 5.41) is 3.48. The highest BCUT2D eigenvalue weighted by molar-refractivity contribution is 6.25. The maximum absolute atomic E-state index is 6.00. The average Bonchev–Trinajstić information content (AvgIpc) is 2.20. The first-order valence-corrected chi connectivity index (χ1v) is 5.86. The Kier molecular flexibility index (Phi) is 5.15. The predicted molar refractivity (Wildman–Crippen MR) is 59.5 cm³/mol. The van der Waals surface area contributed by atoms with Gasteiger partial charge in [-0.05, 0) is 12.8 Å². The van der Waals surface area contributed by atoms with Gasteiger partial charge in [-0.15, -0.1) is 11.6 Å². The highest BCUT2D eigenvalue weighted by Crippen LogP contribution is 2.28. The minimum absolute atomic E-state index is 0.177. The average molecular weight is 222 g/mol. The van der Waals surface area contributed by atoms with Gasteiger partial charge in [-0.3, -0.25) is 0 Å². The Morgan fingerprint density at radius 1 is 1.23 bits per heavy atom. The molecular formula is C10H17Cl2N. The lowest BCUT2D eigenvalue weighted by Crippen LogP contribution is -2.48. The summed E-state index contributed by atoms with van der Waals surface area (Å²) in [4.78, 5) is 0. The van der Waals surface area contributed by atoms with Crippen LogP contribution < -0.4 is 5.32 Å². The van der Waals surface area contributed by atoms with Crippen LogP contribution in [0, 0.1) is 0 Å². The van der Waals surface area contributed by atoms with E-state index in [0.717, 1.165) is 6.54 Å². The Morgan fingerprint density at radius 2 is 1.92 bits per heavy atom. The summed E-state index contributed by atoms with van der Waals surface area (Å²) in [5.41, 5.74) is 1.73. The van der Waals surface area contributed by atoms with Gasteiger partial charge in [-0.1, -0.05) is 36.9 Å². The van der Waals surface area contributed by atoms with E-state index in [4.69, 9.17) is 23.2 Å². The summed E-state index contributed by atoms with van der Waals surface area (Å²) in [6.45, 7) is 0.830. The molecule has 0 spiro atoms. The highest BCUT2D eigenvalue weighted by Gasteiger charge is 2.29. The van der Waals surface area contributed by atoms with Crippen molar-refractivity contribution >= 4 is 23.2 Å². The van der Waals surface area contributed by atoms with E-state index < -0.39 is 0 Å². The first-order chi connectivity index (χ1) is 6.33. The number of nitrogens with one attached hydrogen (secondary N) is 1. The SMILES string of the molecule is Cl/C=C/CNC1(CCl)CCCCC1. The van der Waals surface area contributed by atoms with Crippen molar-refractivity contribution in [2.24, 2.45) is 0 Å². The van der Waals surface area contributed by atoms with Gasteiger partial charge in [0.1, 0.15) is 0 Å². The molecule has 76 valence electrons. The van der Waals surface area contributed by atoms with Crippen LogP contribution in [0.3, 0.4) is 0 Å². The van der Waals surface area contributed by atoms with Gasteiger partial charge < -0.3 is 5.32 Å². The van der Waals surface area contributed by atoms with Gasteiger partial charge >= 0.3 is 0 Å². The molecule has 0 aromatic heterocycles. The third kappa shape index (κ3) is 3.49. The van der Waals surface area contributed by atoms with Crippen LogP contribution in [0.25, 0.3) is 0 Å². The summed E-state index contributed by atoms with van der Waals surface area (Å²) in [6, 6.07) is 0. The molecule has 1 rings (SSSR count). The smallest absolute Gasteiger partial charge is 0.0406 e. The van der Waals surface area contributed by atoms with Crippen molar-refractivity contribution in [3.05, 3.63) is 11.6 Å². The van der Waals surface area contributed by atoms with E-state index >= 15 is 0 Å². The van der Waals surface area contributed by atoms with Gasteiger partial charge in [-0.2, -0.15) is 0 Å². The molecule has 0 aromatic carbocycles. The largest absolute Gasteiger partial charge is 0.307 e. The summed E-state index contributed by atoms with van der Waals surface area (Å²) >= 11 is 11.5. The number of hydrogen-bond acceptors (Lipinski definition) is 1. The van der Waals surface area contributed by atoms with Crippen LogP contribution in [0.4, 0.5) is 0 Å². The molecule has 13 heavy (non-hydrogen) atoms. The zero-order chi connectivity index (χ0) is 9.57. The second-order valence-electron chi connectivity index (χ2n) is 3.72. The maximum atomic E-state index is 6.00. The molecule has 0 amide bonds. The van der Waals surface area contributed by atoms with Gasteiger partial charge in [0.25, 0.3) is 0 Å². The van der Waals surface area contributed by atoms with Crippen molar-refractivity contribution in [1.82, 2.24) is 5.32 Å². The minimum Gasteiger partial charge on any atom is -0.307 e. The van der Waals surface area contributed by atoms with Crippen molar-refractivity contribution in [3.8, 4) is 0 Å². The van der Waals surface area contributed by atoms with Gasteiger partial charge in [0, 0.05) is 23.5 Å². The number of halogens is 2. The van der Waals surface area contributed by atoms with Crippen molar-refractivity contribution < 1.29 is 0 Å². The quantitative estimate of drug-likeness (QED) is 0.720. The van der Waals surface area contributed by atoms with E-state index in [1.165, 1.54) is 32.1 Å². The molecule has 1 nitrogen and oxygen atoms in total. The lowest BCUT2D eigenvalue weighted by Gasteiger charge is -2.36. The lowest BCUT2D eigenvalue weighted by atomic mass is 9.83. The molecule has 0 unspecified atom stereocenters. The molecule has 0 aliphatic heterocycles. The van der Waals surface area contributed by atoms with Crippen molar-refractivity contribution in [1.29, 1.82) is 0 Å². The Bertz CT molecular complexity index is 162. The summed E-state index contributed by atoms with van der Waals surface area (Å²) in [5.74, 6) is 0.711. The van der Waals surface area contributed by atoms with Gasteiger partial charge in [0.05, 0.1) is 0 Å². The van der Waals surface area contributed by atoms with Gasteiger partial charge in [0.2, 0.25) is 0 Å². The van der Waals surface area contributed by atoms with E-state index in [1.54, 1.807) is 5.54 Å². The Balaban J connectivity index is 2.38. The van der Waals surface area contributed by atoms with Crippen molar-refractivity contribution in [2.75, 3.05) is 12.4 Å². The van der Waals surface area contributed by atoms with Crippen molar-refractivity contribution in [2.45, 2.75) is 37.6 Å². The van der Waals surface area contributed by atoms with Crippen LogP contribution in [-0.4, -0.2) is 18.0 Å². The molecule has 0 saturated heterocycles. The molecular weight excluding hydrogens is 205 g/mol. The van der Waals surface area contributed by atoms with Crippen molar-refractivity contribution in [3.63, 3.8) is 0 Å². The van der Waals surface area contributed by atoms with Crippen LogP contribution in [0.5, 0.6) is 0 Å². The molecule has 1 saturated carbocycles. The molecule has 1 aliphatic carbocycles. The molecule has 1 fully saturated rings. The fraction of sp³-hybridized carbons (Fsp3) is 0.800. The minimum atomic E-state index is 0.177. The third-order valence-electron chi connectivity index (χ3n) is 2.75. The standard InChI is InChI=1S/C10H17Cl2N/c11-7-4-8-13-10(9-12)5-2-1-3-6-10/h4,7,13H,1-3,5-6,8-9H2/b7-4+. The van der Waals surface area contributed by atoms with E-state index in [0.29, 0.717) is 5.88 Å². The Hall–Kier alpha value is 0.280. The first kappa shape index (κ1) is 11.4. The highest BCUT2D eigenvalue weighted by atomic mass is 35.5. The van der Waals surface area contributed by atoms with Gasteiger partial charge in [0.15, 0.2) is 0 Å². The zero-order valence-electron chi connectivity index (χ0n) is 7.86. The molecule has 0 bridgehead atoms. The Labute approximate surface area is 90.5 Å². The van der Waals surface area contributed by atoms with E-state index in [1.807, 2.05) is 6.08 Å². The summed E-state index contributed by atoms with van der Waals surface area (Å²) in [6.07, 6.45) is 8.27. The molecule has 0 radical (unpaired) electrons. The van der Waals surface area contributed by atoms with E-state index in [-0.39, 0.29) is 5.54 Å². The van der Waals surface area contributed by atoms with Crippen LogP contribution in [0.1, 0.15) is 32.1 Å². The van der Waals surface area contributed by atoms with Crippen LogP contribution in [-0.2, 0) is 0 Å². The molecule has 0 heterocycles. The third-order valence-corrected chi connectivity index (χ3v) is 3.44. The van der Waals surface area contributed by atoms with E-state index in [9.17, 15) is 0 Å². The van der Waals surface area contributed by atoms with E-state index in [2.05, 4.69) is 5.32 Å². The Morgan fingerprint density at radius 3 is 2.46 bits per heavy atom. The van der Waals surface area contributed by atoms with Gasteiger partial charge in [-0.25, -0.2) is 0 Å². The molecule has 1 N–H and O–H groups in total. The first-order valence-electron chi connectivity index (χ1n) is 4.89. The maximum Gasteiger partial charge on any atom is 0.0406 e. The molecule has 0 aromatic rings. The topological polar surface area (TPSA) is 12.0 Å². The van der Waals surface area contributed by atoms with Crippen LogP contribution in [0.15, 0.2) is 11.6 Å². The lowest BCUT2D eigenvalue weighted by molar-refractivity contribution is 0.267. The summed E-state index contributed by atoms with van der Waals surface area (Å²) < 4.78 is 0. The normalized spacial score (nSPS) is 22.3. The monoisotopic (exact) mass is 221 g/mol. The second-order valence-corrected chi connectivity index (χ2v) is 4.24. The second kappa shape index (κ2) is 5.90. The fourth-order valence-electron chi connectivity index (χ4n) is 1.91. The molecule has 0 atom stereocenters. The van der Waals surface area contributed by atoms with Crippen LogP contribution in [0.2, 0.25) is 0 Å². The molecule has 3 heteroatoms. The summed E-state index contributed by atoms with van der Waals surface area (Å²) in [7, 11) is 0. The molecule has 1 aliphatic rings.